The van der Waals surface area contributed by atoms with Crippen LogP contribution in [0.5, 0.6) is 17.2 Å². The summed E-state index contributed by atoms with van der Waals surface area (Å²) in [7, 11) is 0. The van der Waals surface area contributed by atoms with Gasteiger partial charge in [0.15, 0.2) is 17.8 Å². The van der Waals surface area contributed by atoms with Crippen LogP contribution in [0.2, 0.25) is 0 Å². The van der Waals surface area contributed by atoms with Gasteiger partial charge in [0.05, 0.1) is 24.3 Å². The highest BCUT2D eigenvalue weighted by atomic mass is 16.6. The van der Waals surface area contributed by atoms with Crippen molar-refractivity contribution in [3.05, 3.63) is 56.2 Å². The Morgan fingerprint density at radius 1 is 0.692 bits per heavy atom. The van der Waals surface area contributed by atoms with Crippen molar-refractivity contribution in [2.24, 2.45) is 0 Å². The van der Waals surface area contributed by atoms with Gasteiger partial charge < -0.3 is 28.4 Å². The van der Waals surface area contributed by atoms with Crippen molar-refractivity contribution >= 4 is 6.29 Å². The van der Waals surface area contributed by atoms with Gasteiger partial charge >= 0.3 is 0 Å². The standard InChI is InChI=1S/C19H24O7/c1-4-21-9-12-24-17-8-7-16(15-20)18(25-13-10-22-5-2)19(17)26-14-11-23-6-3/h4-8,15H,1-3,9-14H2. The normalized spacial score (nSPS) is 9.54. The lowest BCUT2D eigenvalue weighted by Gasteiger charge is -2.18. The van der Waals surface area contributed by atoms with Crippen molar-refractivity contribution in [3.8, 4) is 17.2 Å². The van der Waals surface area contributed by atoms with Crippen molar-refractivity contribution in [1.82, 2.24) is 0 Å². The molecule has 0 amide bonds. The summed E-state index contributed by atoms with van der Waals surface area (Å²) in [4.78, 5) is 11.4. The molecule has 0 heterocycles. The Kier molecular flexibility index (Phi) is 10.7. The van der Waals surface area contributed by atoms with E-state index in [1.807, 2.05) is 0 Å². The zero-order valence-corrected chi connectivity index (χ0v) is 14.7. The highest BCUT2D eigenvalue weighted by Crippen LogP contribution is 2.40. The molecule has 0 atom stereocenters. The zero-order valence-electron chi connectivity index (χ0n) is 14.7. The predicted molar refractivity (Wildman–Crippen MR) is 96.8 cm³/mol. The van der Waals surface area contributed by atoms with Crippen LogP contribution in [0.4, 0.5) is 0 Å². The molecule has 0 unspecified atom stereocenters. The summed E-state index contributed by atoms with van der Waals surface area (Å²) in [5, 5.41) is 0. The first kappa shape index (κ1) is 21.0. The minimum Gasteiger partial charge on any atom is -0.498 e. The topological polar surface area (TPSA) is 72.5 Å². The second kappa shape index (κ2) is 13.2. The number of hydrogen-bond acceptors (Lipinski definition) is 7. The van der Waals surface area contributed by atoms with Crippen LogP contribution in [-0.2, 0) is 14.2 Å². The van der Waals surface area contributed by atoms with Crippen LogP contribution < -0.4 is 14.2 Å². The first-order valence-electron chi connectivity index (χ1n) is 7.96. The molecule has 0 N–H and O–H groups in total. The van der Waals surface area contributed by atoms with Crippen LogP contribution in [0.1, 0.15) is 10.4 Å². The molecular formula is C19H24O7. The average molecular weight is 364 g/mol. The monoisotopic (exact) mass is 364 g/mol. The van der Waals surface area contributed by atoms with E-state index in [1.54, 1.807) is 12.1 Å². The summed E-state index contributed by atoms with van der Waals surface area (Å²) in [5.74, 6) is 0.995. The van der Waals surface area contributed by atoms with E-state index in [0.717, 1.165) is 0 Å². The Labute approximate surface area is 153 Å². The van der Waals surface area contributed by atoms with Gasteiger partial charge in [0, 0.05) is 0 Å². The van der Waals surface area contributed by atoms with E-state index in [2.05, 4.69) is 19.7 Å². The number of carbonyl (C=O) groups excluding carboxylic acids is 1. The minimum absolute atomic E-state index is 0.204. The van der Waals surface area contributed by atoms with E-state index in [-0.39, 0.29) is 38.8 Å². The highest BCUT2D eigenvalue weighted by Gasteiger charge is 2.18. The largest absolute Gasteiger partial charge is 0.498 e. The fourth-order valence-corrected chi connectivity index (χ4v) is 1.89. The SMILES string of the molecule is C=COCCOc1ccc(C=O)c(OCCOC=C)c1OCCOC=C. The zero-order chi connectivity index (χ0) is 19.0. The lowest BCUT2D eigenvalue weighted by atomic mass is 10.2. The van der Waals surface area contributed by atoms with E-state index >= 15 is 0 Å². The number of ether oxygens (including phenoxy) is 6. The second-order valence-electron chi connectivity index (χ2n) is 4.59. The summed E-state index contributed by atoms with van der Waals surface area (Å²) in [6.07, 6.45) is 4.64. The van der Waals surface area contributed by atoms with Gasteiger partial charge in [0.2, 0.25) is 5.75 Å². The summed E-state index contributed by atoms with van der Waals surface area (Å²) in [5.41, 5.74) is 0.331. The van der Waals surface area contributed by atoms with Crippen molar-refractivity contribution in [1.29, 1.82) is 0 Å². The van der Waals surface area contributed by atoms with Gasteiger partial charge in [-0.15, -0.1) is 0 Å². The van der Waals surface area contributed by atoms with E-state index in [0.29, 0.717) is 30.0 Å². The quantitative estimate of drug-likeness (QED) is 0.253. The van der Waals surface area contributed by atoms with Crippen molar-refractivity contribution < 1.29 is 33.2 Å². The summed E-state index contributed by atoms with van der Waals surface area (Å²) in [6.45, 7) is 12.0. The first-order valence-corrected chi connectivity index (χ1v) is 7.96. The molecule has 0 fully saturated rings. The highest BCUT2D eigenvalue weighted by molar-refractivity contribution is 5.82. The third-order valence-electron chi connectivity index (χ3n) is 2.94. The van der Waals surface area contributed by atoms with Gasteiger partial charge in [-0.3, -0.25) is 4.79 Å². The third-order valence-corrected chi connectivity index (χ3v) is 2.94. The smallest absolute Gasteiger partial charge is 0.204 e. The van der Waals surface area contributed by atoms with Gasteiger partial charge in [-0.05, 0) is 12.1 Å². The summed E-state index contributed by atoms with van der Waals surface area (Å²) in [6, 6.07) is 3.22. The number of aldehydes is 1. The lowest BCUT2D eigenvalue weighted by Crippen LogP contribution is -2.12. The Morgan fingerprint density at radius 2 is 1.19 bits per heavy atom. The van der Waals surface area contributed by atoms with Crippen LogP contribution in [0, 0.1) is 0 Å². The molecule has 0 radical (unpaired) electrons. The van der Waals surface area contributed by atoms with Gasteiger partial charge in [0.1, 0.15) is 39.6 Å². The van der Waals surface area contributed by atoms with E-state index in [1.165, 1.54) is 18.8 Å². The second-order valence-corrected chi connectivity index (χ2v) is 4.59. The Bertz CT molecular complexity index is 583. The lowest BCUT2D eigenvalue weighted by molar-refractivity contribution is 0.111. The molecule has 26 heavy (non-hydrogen) atoms. The molecule has 7 heteroatoms. The Balaban J connectivity index is 2.96. The number of carbonyl (C=O) groups is 1. The van der Waals surface area contributed by atoms with Crippen molar-refractivity contribution in [2.75, 3.05) is 39.6 Å². The maximum absolute atomic E-state index is 11.4. The molecule has 0 spiro atoms. The molecule has 0 aliphatic rings. The van der Waals surface area contributed by atoms with Crippen molar-refractivity contribution in [3.63, 3.8) is 0 Å². The third kappa shape index (κ3) is 7.21. The molecule has 142 valence electrons. The molecule has 0 aromatic heterocycles. The van der Waals surface area contributed by atoms with E-state index in [4.69, 9.17) is 28.4 Å². The number of benzene rings is 1. The van der Waals surface area contributed by atoms with Crippen LogP contribution in [0.3, 0.4) is 0 Å². The van der Waals surface area contributed by atoms with Crippen LogP contribution in [0.15, 0.2) is 50.7 Å². The fourth-order valence-electron chi connectivity index (χ4n) is 1.89. The van der Waals surface area contributed by atoms with E-state index < -0.39 is 0 Å². The Morgan fingerprint density at radius 3 is 1.69 bits per heavy atom. The van der Waals surface area contributed by atoms with Crippen LogP contribution >= 0.6 is 0 Å². The minimum atomic E-state index is 0.204. The Hall–Kier alpha value is -3.09. The molecule has 0 saturated heterocycles. The molecule has 0 saturated carbocycles. The van der Waals surface area contributed by atoms with Gasteiger partial charge in [-0.1, -0.05) is 19.7 Å². The van der Waals surface area contributed by atoms with Crippen LogP contribution in [0.25, 0.3) is 0 Å². The molecule has 7 nitrogen and oxygen atoms in total. The maximum Gasteiger partial charge on any atom is 0.204 e. The fraction of sp³-hybridized carbons (Fsp3) is 0.316. The molecule has 1 aromatic rings. The number of hydrogen-bond donors (Lipinski definition) is 0. The van der Waals surface area contributed by atoms with Crippen LogP contribution in [-0.4, -0.2) is 45.9 Å². The summed E-state index contributed by atoms with van der Waals surface area (Å²) >= 11 is 0. The van der Waals surface area contributed by atoms with E-state index in [9.17, 15) is 4.79 Å². The van der Waals surface area contributed by atoms with Gasteiger partial charge in [-0.25, -0.2) is 0 Å². The molecule has 0 aliphatic heterocycles. The molecule has 0 aliphatic carbocycles. The molecular weight excluding hydrogens is 340 g/mol. The average Bonchev–Trinajstić information content (AvgIpc) is 2.66. The molecule has 1 rings (SSSR count). The first-order chi connectivity index (χ1) is 12.8. The van der Waals surface area contributed by atoms with Crippen molar-refractivity contribution in [2.45, 2.75) is 0 Å². The molecule has 0 bridgehead atoms. The van der Waals surface area contributed by atoms with Gasteiger partial charge in [0.25, 0.3) is 0 Å². The maximum atomic E-state index is 11.4. The summed E-state index contributed by atoms with van der Waals surface area (Å²) < 4.78 is 32.2. The molecule has 1 aromatic carbocycles. The number of rotatable bonds is 16. The predicted octanol–water partition coefficient (Wildman–Crippen LogP) is 3.12. The van der Waals surface area contributed by atoms with Gasteiger partial charge in [-0.2, -0.15) is 0 Å².